The van der Waals surface area contributed by atoms with Crippen LogP contribution in [0.4, 0.5) is 0 Å². The Hall–Kier alpha value is -1.32. The van der Waals surface area contributed by atoms with Gasteiger partial charge < -0.3 is 4.74 Å². The van der Waals surface area contributed by atoms with Gasteiger partial charge in [0.05, 0.1) is 12.5 Å². The molecular formula is C28H48N2O. The molecule has 0 bridgehead atoms. The Balaban J connectivity index is 1.95. The third-order valence-electron chi connectivity index (χ3n) is 7.45. The molecule has 2 aliphatic heterocycles. The molecule has 3 nitrogen and oxygen atoms in total. The van der Waals surface area contributed by atoms with Crippen molar-refractivity contribution in [3.63, 3.8) is 0 Å². The smallest absolute Gasteiger partial charge is 0.0864 e. The van der Waals surface area contributed by atoms with E-state index in [0.29, 0.717) is 11.8 Å². The molecule has 0 aromatic carbocycles. The highest BCUT2D eigenvalue weighted by molar-refractivity contribution is 5.07. The fourth-order valence-electron chi connectivity index (χ4n) is 6.67. The number of ether oxygens (including phenoxy) is 1. The highest BCUT2D eigenvalue weighted by Crippen LogP contribution is 2.43. The molecular weight excluding hydrogens is 380 g/mol. The second-order valence-corrected chi connectivity index (χ2v) is 12.2. The molecule has 0 N–H and O–H groups in total. The maximum absolute atomic E-state index is 5.84. The van der Waals surface area contributed by atoms with Gasteiger partial charge in [-0.15, -0.1) is 13.2 Å². The van der Waals surface area contributed by atoms with Crippen LogP contribution in [0.2, 0.25) is 0 Å². The average Bonchev–Trinajstić information content (AvgIpc) is 2.59. The Morgan fingerprint density at radius 2 is 0.935 bits per heavy atom. The first-order valence-electron chi connectivity index (χ1n) is 12.0. The summed E-state index contributed by atoms with van der Waals surface area (Å²) in [5, 5.41) is 0. The lowest BCUT2D eigenvalue weighted by Gasteiger charge is -2.54. The molecule has 0 aromatic rings. The molecule has 0 aromatic heterocycles. The molecule has 2 rings (SSSR count). The number of nitrogens with zero attached hydrogens (tertiary/aromatic N) is 2. The molecule has 2 saturated heterocycles. The van der Waals surface area contributed by atoms with Crippen LogP contribution in [0.3, 0.4) is 0 Å². The predicted molar refractivity (Wildman–Crippen MR) is 135 cm³/mol. The molecule has 176 valence electrons. The largest absolute Gasteiger partial charge is 0.473 e. The summed E-state index contributed by atoms with van der Waals surface area (Å²) in [5.74, 6) is 1.05. The van der Waals surface area contributed by atoms with Gasteiger partial charge in [-0.1, -0.05) is 12.2 Å². The number of rotatable bonds is 8. The van der Waals surface area contributed by atoms with E-state index in [1.807, 2.05) is 24.7 Å². The first-order chi connectivity index (χ1) is 14.2. The molecule has 0 saturated carbocycles. The molecule has 0 amide bonds. The van der Waals surface area contributed by atoms with E-state index in [1.54, 1.807) is 0 Å². The third-order valence-corrected chi connectivity index (χ3v) is 7.45. The molecule has 0 aliphatic carbocycles. The Morgan fingerprint density at radius 3 is 1.19 bits per heavy atom. The minimum atomic E-state index is 0.150. The standard InChI is InChI=1S/C28H48N2O/c1-11-15-29-25(3,4)19-23(20-26(29,5)6)13-17-31-18-14-24-21-27(7,8)30(16-12-2)28(9,10)22-24/h11-14,17-18,23-24H,1-2,15-16,19-22H2,3-10H3. The van der Waals surface area contributed by atoms with Crippen molar-refractivity contribution in [2.45, 2.75) is 103 Å². The van der Waals surface area contributed by atoms with Crippen molar-refractivity contribution in [3.8, 4) is 0 Å². The first-order valence-corrected chi connectivity index (χ1v) is 12.0. The molecule has 0 spiro atoms. The van der Waals surface area contributed by atoms with Crippen LogP contribution in [0.25, 0.3) is 0 Å². The third kappa shape index (κ3) is 6.35. The van der Waals surface area contributed by atoms with Crippen LogP contribution < -0.4 is 0 Å². The van der Waals surface area contributed by atoms with Gasteiger partial charge in [0.25, 0.3) is 0 Å². The Bertz CT molecular complexity index is 589. The number of piperidine rings is 2. The van der Waals surface area contributed by atoms with Crippen LogP contribution in [-0.4, -0.2) is 45.0 Å². The Morgan fingerprint density at radius 1 is 0.645 bits per heavy atom. The summed E-state index contributed by atoms with van der Waals surface area (Å²) in [5.41, 5.74) is 0.601. The lowest BCUT2D eigenvalue weighted by Crippen LogP contribution is -2.60. The summed E-state index contributed by atoms with van der Waals surface area (Å²) in [7, 11) is 0. The molecule has 0 atom stereocenters. The quantitative estimate of drug-likeness (QED) is 0.307. The summed E-state index contributed by atoms with van der Waals surface area (Å²) in [6.45, 7) is 28.6. The summed E-state index contributed by atoms with van der Waals surface area (Å²) in [4.78, 5) is 5.17. The van der Waals surface area contributed by atoms with Gasteiger partial charge in [-0.3, -0.25) is 9.80 Å². The van der Waals surface area contributed by atoms with Crippen LogP contribution in [-0.2, 0) is 4.74 Å². The van der Waals surface area contributed by atoms with Gasteiger partial charge in [0.2, 0.25) is 0 Å². The van der Waals surface area contributed by atoms with Gasteiger partial charge in [0.1, 0.15) is 0 Å². The van der Waals surface area contributed by atoms with Gasteiger partial charge in [0, 0.05) is 35.2 Å². The summed E-state index contributed by atoms with van der Waals surface area (Å²) < 4.78 is 5.84. The number of hydrogen-bond acceptors (Lipinski definition) is 3. The van der Waals surface area contributed by atoms with Crippen LogP contribution >= 0.6 is 0 Å². The van der Waals surface area contributed by atoms with Crippen LogP contribution in [0.1, 0.15) is 81.1 Å². The predicted octanol–water partition coefficient (Wildman–Crippen LogP) is 6.94. The van der Waals surface area contributed by atoms with Crippen molar-refractivity contribution < 1.29 is 4.74 Å². The fourth-order valence-corrected chi connectivity index (χ4v) is 6.67. The molecule has 2 fully saturated rings. The minimum absolute atomic E-state index is 0.150. The SMILES string of the molecule is C=CCN1C(C)(C)CC(C=COC=CC2CC(C)(C)N(CC=C)C(C)(C)C2)CC1(C)C. The zero-order valence-corrected chi connectivity index (χ0v) is 21.6. The van der Waals surface area contributed by atoms with Gasteiger partial charge in [-0.05, 0) is 105 Å². The second kappa shape index (κ2) is 9.67. The topological polar surface area (TPSA) is 15.7 Å². The van der Waals surface area contributed by atoms with Gasteiger partial charge in [-0.2, -0.15) is 0 Å². The van der Waals surface area contributed by atoms with Crippen molar-refractivity contribution in [3.05, 3.63) is 50.0 Å². The van der Waals surface area contributed by atoms with E-state index in [-0.39, 0.29) is 22.2 Å². The van der Waals surface area contributed by atoms with E-state index in [2.05, 4.69) is 90.5 Å². The number of likely N-dealkylation sites (tertiary alicyclic amines) is 2. The van der Waals surface area contributed by atoms with Crippen LogP contribution in [0, 0.1) is 11.8 Å². The highest BCUT2D eigenvalue weighted by Gasteiger charge is 2.44. The van der Waals surface area contributed by atoms with E-state index < -0.39 is 0 Å². The van der Waals surface area contributed by atoms with E-state index in [0.717, 1.165) is 38.8 Å². The first kappa shape index (κ1) is 25.9. The normalized spacial score (nSPS) is 27.0. The van der Waals surface area contributed by atoms with Gasteiger partial charge >= 0.3 is 0 Å². The Labute approximate surface area is 192 Å². The maximum Gasteiger partial charge on any atom is 0.0864 e. The zero-order chi connectivity index (χ0) is 23.5. The summed E-state index contributed by atoms with van der Waals surface area (Å²) in [6.07, 6.45) is 16.9. The van der Waals surface area contributed by atoms with Gasteiger partial charge in [-0.25, -0.2) is 0 Å². The zero-order valence-electron chi connectivity index (χ0n) is 21.6. The lowest BCUT2D eigenvalue weighted by atomic mass is 9.73. The van der Waals surface area contributed by atoms with Crippen molar-refractivity contribution in [2.75, 3.05) is 13.1 Å². The lowest BCUT2D eigenvalue weighted by molar-refractivity contribution is -0.0329. The monoisotopic (exact) mass is 428 g/mol. The number of allylic oxidation sites excluding steroid dienone is 2. The molecule has 31 heavy (non-hydrogen) atoms. The number of hydrogen-bond donors (Lipinski definition) is 0. The summed E-state index contributed by atoms with van der Waals surface area (Å²) in [6, 6.07) is 0. The van der Waals surface area contributed by atoms with E-state index in [9.17, 15) is 0 Å². The maximum atomic E-state index is 5.84. The highest BCUT2D eigenvalue weighted by atomic mass is 16.5. The molecule has 2 aliphatic rings. The van der Waals surface area contributed by atoms with Crippen molar-refractivity contribution in [1.29, 1.82) is 0 Å². The van der Waals surface area contributed by atoms with Crippen molar-refractivity contribution >= 4 is 0 Å². The molecule has 0 unspecified atom stereocenters. The van der Waals surface area contributed by atoms with E-state index in [4.69, 9.17) is 4.74 Å². The van der Waals surface area contributed by atoms with Gasteiger partial charge in [0.15, 0.2) is 0 Å². The van der Waals surface area contributed by atoms with E-state index >= 15 is 0 Å². The van der Waals surface area contributed by atoms with E-state index in [1.165, 1.54) is 0 Å². The average molecular weight is 429 g/mol. The molecule has 2 heterocycles. The second-order valence-electron chi connectivity index (χ2n) is 12.2. The van der Waals surface area contributed by atoms with Crippen LogP contribution in [0.15, 0.2) is 50.0 Å². The fraction of sp³-hybridized carbons (Fsp3) is 0.714. The minimum Gasteiger partial charge on any atom is -0.473 e. The molecule has 0 radical (unpaired) electrons. The molecule has 3 heteroatoms. The van der Waals surface area contributed by atoms with Crippen molar-refractivity contribution in [2.24, 2.45) is 11.8 Å². The Kier molecular flexibility index (Phi) is 8.09. The van der Waals surface area contributed by atoms with Crippen molar-refractivity contribution in [1.82, 2.24) is 9.80 Å². The summed E-state index contributed by atoms with van der Waals surface area (Å²) >= 11 is 0. The van der Waals surface area contributed by atoms with Crippen LogP contribution in [0.5, 0.6) is 0 Å².